The van der Waals surface area contributed by atoms with Crippen LogP contribution < -0.4 is 40.0 Å². The van der Waals surface area contributed by atoms with Crippen LogP contribution in [0.2, 0.25) is 0 Å². The van der Waals surface area contributed by atoms with E-state index in [0.717, 1.165) is 4.90 Å². The van der Waals surface area contributed by atoms with Crippen LogP contribution in [0, 0.1) is 0 Å². The summed E-state index contributed by atoms with van der Waals surface area (Å²) >= 11 is 12.1. The average Bonchev–Trinajstić information content (AvgIpc) is 2.82. The van der Waals surface area contributed by atoms with Gasteiger partial charge < -0.3 is 15.2 Å². The first-order valence-corrected chi connectivity index (χ1v) is 11.5. The van der Waals surface area contributed by atoms with E-state index in [0.29, 0.717) is 21.6 Å². The summed E-state index contributed by atoms with van der Waals surface area (Å²) in [5.41, 5.74) is 0.0575. The van der Waals surface area contributed by atoms with E-state index in [-0.39, 0.29) is 45.9 Å². The summed E-state index contributed by atoms with van der Waals surface area (Å²) in [4.78, 5) is 39.5. The summed E-state index contributed by atoms with van der Waals surface area (Å²) in [7, 11) is 0. The van der Waals surface area contributed by atoms with E-state index in [9.17, 15) is 19.5 Å². The number of carboxylic acids is 1. The number of thioether (sulfide) groups is 1. The Hall–Kier alpha value is -1.88. The molecule has 1 N–H and O–H groups in total. The fourth-order valence-corrected chi connectivity index (χ4v) is 5.81. The second-order valence-corrected chi connectivity index (χ2v) is 9.38. The molecule has 0 radical (unpaired) electrons. The molecule has 1 saturated heterocycles. The molecule has 2 aromatic carbocycles. The smallest absolute Gasteiger partial charge is 0.543 e. The number of hydrogen-bond acceptors (Lipinski definition) is 7. The van der Waals surface area contributed by atoms with Gasteiger partial charge in [-0.2, -0.15) is 0 Å². The minimum absolute atomic E-state index is 0. The van der Waals surface area contributed by atoms with Crippen LogP contribution in [0.1, 0.15) is 18.1 Å². The number of nitrogens with one attached hydrogen (secondary N) is 1. The van der Waals surface area contributed by atoms with E-state index >= 15 is 0 Å². The Morgan fingerprint density at radius 2 is 1.61 bits per heavy atom. The molecule has 4 rings (SSSR count). The van der Waals surface area contributed by atoms with E-state index in [2.05, 4.69) is 5.32 Å². The quantitative estimate of drug-likeness (QED) is 0.225. The number of carboxylic acid groups (broad SMARTS) is 1. The van der Waals surface area contributed by atoms with Gasteiger partial charge in [-0.3, -0.25) is 14.5 Å². The average molecular weight is 505 g/mol. The third-order valence-corrected chi connectivity index (χ3v) is 7.78. The zero-order chi connectivity index (χ0) is 23.0. The van der Waals surface area contributed by atoms with E-state index in [1.165, 1.54) is 11.8 Å². The van der Waals surface area contributed by atoms with Crippen LogP contribution in [0.25, 0.3) is 0 Å². The molecule has 2 aliphatic rings. The molecule has 0 saturated carbocycles. The van der Waals surface area contributed by atoms with Gasteiger partial charge >= 0.3 is 29.6 Å². The van der Waals surface area contributed by atoms with Crippen molar-refractivity contribution in [1.82, 2.24) is 10.2 Å². The van der Waals surface area contributed by atoms with Crippen molar-refractivity contribution in [1.29, 1.82) is 0 Å². The van der Waals surface area contributed by atoms with E-state index < -0.39 is 28.7 Å². The summed E-state index contributed by atoms with van der Waals surface area (Å²) in [5.74, 6) is -2.33. The van der Waals surface area contributed by atoms with Gasteiger partial charge in [-0.15, -0.1) is 11.8 Å². The first kappa shape index (κ1) is 25.7. The van der Waals surface area contributed by atoms with E-state index in [1.807, 2.05) is 12.1 Å². The number of carbonyl (C=O) groups is 3. The van der Waals surface area contributed by atoms with Crippen molar-refractivity contribution in [2.45, 2.75) is 17.8 Å². The predicted octanol–water partition coefficient (Wildman–Crippen LogP) is -1.38. The van der Waals surface area contributed by atoms with Crippen molar-refractivity contribution < 1.29 is 49.0 Å². The van der Waals surface area contributed by atoms with Gasteiger partial charge in [0.05, 0.1) is 16.5 Å². The molecule has 0 aliphatic carbocycles. The van der Waals surface area contributed by atoms with Crippen LogP contribution in [0.4, 0.5) is 0 Å². The minimum Gasteiger partial charge on any atom is -0.543 e. The molecule has 1 fully saturated rings. The Balaban J connectivity index is 0.00000306. The minimum atomic E-state index is -1.48. The molecule has 0 spiro atoms. The van der Waals surface area contributed by atoms with Gasteiger partial charge in [0.2, 0.25) is 0 Å². The molecular formula is C23H17N2NaO4S3. The van der Waals surface area contributed by atoms with Gasteiger partial charge in [0, 0.05) is 11.3 Å². The molecule has 0 bridgehead atoms. The van der Waals surface area contributed by atoms with Gasteiger partial charge in [-0.25, -0.2) is 0 Å². The van der Waals surface area contributed by atoms with E-state index in [4.69, 9.17) is 24.4 Å². The van der Waals surface area contributed by atoms with Gasteiger partial charge in [0.15, 0.2) is 0 Å². The van der Waals surface area contributed by atoms with Gasteiger partial charge in [-0.1, -0.05) is 85.1 Å². The fourth-order valence-electron chi connectivity index (χ4n) is 3.78. The monoisotopic (exact) mass is 504 g/mol. The van der Waals surface area contributed by atoms with Crippen molar-refractivity contribution in [3.05, 3.63) is 83.1 Å². The summed E-state index contributed by atoms with van der Waals surface area (Å²) in [6.07, 6.45) is 0. The number of hydrogen-bond donors (Lipinski definition) is 1. The Bertz CT molecular complexity index is 1190. The molecule has 1 unspecified atom stereocenters. The number of nitrogens with zero attached hydrogens (tertiary/aromatic N) is 1. The molecule has 33 heavy (non-hydrogen) atoms. The first-order chi connectivity index (χ1) is 15.3. The normalized spacial score (nSPS) is 21.3. The SMILES string of the molecule is CC1(NC(=O)C(=S)c2ccccc2)C(=O)N2C(C(=O)[O-])=C(C(=S)c3ccccc3)CS[C@H]21.[Na+]. The maximum Gasteiger partial charge on any atom is 1.00 e. The van der Waals surface area contributed by atoms with Crippen molar-refractivity contribution in [2.24, 2.45) is 0 Å². The van der Waals surface area contributed by atoms with Crippen LogP contribution >= 0.6 is 36.2 Å². The molecule has 0 aromatic heterocycles. The summed E-state index contributed by atoms with van der Waals surface area (Å²) in [6.45, 7) is 1.57. The summed E-state index contributed by atoms with van der Waals surface area (Å²) < 4.78 is 0. The number of rotatable bonds is 6. The number of amides is 2. The zero-order valence-corrected chi connectivity index (χ0v) is 22.3. The Kier molecular flexibility index (Phi) is 7.93. The standard InChI is InChI=1S/C23H18N2O4S3.Na/c1-23(24-19(26)18(31)14-10-6-3-7-11-14)21(29)25-16(20(27)28)15(12-32-22(23)25)17(30)13-8-4-2-5-9-13;/h2-11,22H,12H2,1H3,(H,24,26)(H,27,28);/q;+1/p-1/t22-,23?;/m0./s1. The molecule has 2 aromatic rings. The van der Waals surface area contributed by atoms with Crippen molar-refractivity contribution in [3.8, 4) is 0 Å². The van der Waals surface area contributed by atoms with Crippen molar-refractivity contribution in [2.75, 3.05) is 5.75 Å². The fraction of sp³-hybridized carbons (Fsp3) is 0.174. The summed E-state index contributed by atoms with van der Waals surface area (Å²) in [5, 5.41) is 14.1. The number of carbonyl (C=O) groups excluding carboxylic acids is 3. The van der Waals surface area contributed by atoms with E-state index in [1.54, 1.807) is 55.5 Å². The van der Waals surface area contributed by atoms with Gasteiger partial charge in [-0.05, 0) is 18.1 Å². The maximum absolute atomic E-state index is 13.1. The molecule has 2 amide bonds. The topological polar surface area (TPSA) is 89.5 Å². The third kappa shape index (κ3) is 4.58. The number of benzene rings is 2. The van der Waals surface area contributed by atoms with Crippen LogP contribution in [0.15, 0.2) is 71.9 Å². The molecule has 2 atom stereocenters. The van der Waals surface area contributed by atoms with Crippen LogP contribution in [-0.4, -0.2) is 49.1 Å². The van der Waals surface area contributed by atoms with Crippen molar-refractivity contribution >= 4 is 63.7 Å². The molecule has 2 aliphatic heterocycles. The largest absolute Gasteiger partial charge is 1.00 e. The number of β-lactam (4-membered cyclic amide) rings is 1. The Morgan fingerprint density at radius 1 is 1.06 bits per heavy atom. The predicted molar refractivity (Wildman–Crippen MR) is 128 cm³/mol. The third-order valence-electron chi connectivity index (χ3n) is 5.42. The second kappa shape index (κ2) is 10.2. The van der Waals surface area contributed by atoms with Crippen LogP contribution in [0.3, 0.4) is 0 Å². The van der Waals surface area contributed by atoms with Crippen LogP contribution in [0.5, 0.6) is 0 Å². The van der Waals surface area contributed by atoms with Crippen molar-refractivity contribution in [3.63, 3.8) is 0 Å². The number of aliphatic carboxylic acids is 1. The van der Waals surface area contributed by atoms with Gasteiger partial charge in [0.1, 0.15) is 15.8 Å². The van der Waals surface area contributed by atoms with Crippen LogP contribution in [-0.2, 0) is 14.4 Å². The number of thiocarbonyl (C=S) groups is 2. The number of fused-ring (bicyclic) bond motifs is 1. The van der Waals surface area contributed by atoms with Gasteiger partial charge in [0.25, 0.3) is 11.8 Å². The molecule has 10 heteroatoms. The Morgan fingerprint density at radius 3 is 2.15 bits per heavy atom. The Labute approximate surface area is 228 Å². The molecular weight excluding hydrogens is 487 g/mol. The molecule has 2 heterocycles. The second-order valence-electron chi connectivity index (χ2n) is 7.50. The maximum atomic E-state index is 13.1. The zero-order valence-electron chi connectivity index (χ0n) is 17.9. The first-order valence-electron chi connectivity index (χ1n) is 9.67. The summed E-state index contributed by atoms with van der Waals surface area (Å²) in [6, 6.07) is 17.8. The molecule has 6 nitrogen and oxygen atoms in total. The molecule has 162 valence electrons.